The normalized spacial score (nSPS) is 16.5. The number of hydrogen-bond acceptors (Lipinski definition) is 5. The molecule has 0 amide bonds. The highest BCUT2D eigenvalue weighted by Crippen LogP contribution is 2.23. The van der Waals surface area contributed by atoms with Gasteiger partial charge in [-0.25, -0.2) is 13.4 Å². The van der Waals surface area contributed by atoms with Crippen LogP contribution < -0.4 is 10.6 Å². The van der Waals surface area contributed by atoms with Crippen molar-refractivity contribution in [3.63, 3.8) is 0 Å². The second kappa shape index (κ2) is 10.9. The molecule has 0 bridgehead atoms. The van der Waals surface area contributed by atoms with E-state index in [1.165, 1.54) is 0 Å². The molecule has 1 fully saturated rings. The quantitative estimate of drug-likeness (QED) is 0.478. The zero-order valence-corrected chi connectivity index (χ0v) is 19.3. The summed E-state index contributed by atoms with van der Waals surface area (Å²) in [6, 6.07) is 8.68. The Morgan fingerprint density at radius 1 is 1.23 bits per heavy atom. The van der Waals surface area contributed by atoms with Gasteiger partial charge in [0, 0.05) is 44.5 Å². The molecule has 0 radical (unpaired) electrons. The number of guanidine groups is 1. The van der Waals surface area contributed by atoms with Crippen molar-refractivity contribution in [1.82, 2.24) is 19.9 Å². The first-order valence-corrected chi connectivity index (χ1v) is 12.8. The second-order valence-corrected chi connectivity index (χ2v) is 10.4. The molecule has 2 heterocycles. The van der Waals surface area contributed by atoms with E-state index in [1.807, 2.05) is 19.9 Å². The fourth-order valence-electron chi connectivity index (χ4n) is 3.47. The standard InChI is InChI=1S/C21H31N5O2S2/c1-3-22-21(23-12-9-19-16-29-17(2)25-19)24-15-18-10-13-26(14-11-18)30(27,28)20-7-5-4-6-8-20/h4-8,16,18H,3,9-15H2,1-2H3,(H2,22,23,24). The molecule has 0 unspecified atom stereocenters. The summed E-state index contributed by atoms with van der Waals surface area (Å²) in [6.45, 7) is 7.44. The Morgan fingerprint density at radius 2 is 1.97 bits per heavy atom. The van der Waals surface area contributed by atoms with Crippen molar-refractivity contribution in [3.05, 3.63) is 46.4 Å². The molecular formula is C21H31N5O2S2. The third kappa shape index (κ3) is 6.26. The highest BCUT2D eigenvalue weighted by molar-refractivity contribution is 7.89. The van der Waals surface area contributed by atoms with Gasteiger partial charge in [0.15, 0.2) is 5.96 Å². The number of sulfonamides is 1. The lowest BCUT2D eigenvalue weighted by Crippen LogP contribution is -2.40. The van der Waals surface area contributed by atoms with Crippen molar-refractivity contribution >= 4 is 27.3 Å². The minimum atomic E-state index is -3.39. The maximum atomic E-state index is 12.8. The third-order valence-electron chi connectivity index (χ3n) is 5.15. The molecule has 30 heavy (non-hydrogen) atoms. The van der Waals surface area contributed by atoms with Gasteiger partial charge in [0.2, 0.25) is 10.0 Å². The first-order chi connectivity index (χ1) is 14.5. The number of aryl methyl sites for hydroxylation is 1. The Bertz CT molecular complexity index is 920. The molecule has 1 aromatic carbocycles. The third-order valence-corrected chi connectivity index (χ3v) is 7.88. The van der Waals surface area contributed by atoms with Crippen molar-refractivity contribution in [1.29, 1.82) is 0 Å². The smallest absolute Gasteiger partial charge is 0.243 e. The predicted octanol–water partition coefficient (Wildman–Crippen LogP) is 2.65. The van der Waals surface area contributed by atoms with Gasteiger partial charge in [-0.1, -0.05) is 18.2 Å². The van der Waals surface area contributed by atoms with Crippen LogP contribution in [0.15, 0.2) is 45.6 Å². The Morgan fingerprint density at radius 3 is 2.60 bits per heavy atom. The van der Waals surface area contributed by atoms with Gasteiger partial charge in [-0.3, -0.25) is 4.99 Å². The lowest BCUT2D eigenvalue weighted by atomic mass is 9.98. The van der Waals surface area contributed by atoms with E-state index < -0.39 is 10.0 Å². The fraction of sp³-hybridized carbons (Fsp3) is 0.524. The number of benzene rings is 1. The van der Waals surface area contributed by atoms with Crippen molar-refractivity contribution in [3.8, 4) is 0 Å². The minimum Gasteiger partial charge on any atom is -0.357 e. The molecule has 1 aliphatic rings. The Hall–Kier alpha value is -1.97. The van der Waals surface area contributed by atoms with E-state index in [4.69, 9.17) is 4.99 Å². The van der Waals surface area contributed by atoms with E-state index in [0.717, 1.165) is 49.0 Å². The van der Waals surface area contributed by atoms with E-state index in [-0.39, 0.29) is 0 Å². The van der Waals surface area contributed by atoms with Gasteiger partial charge < -0.3 is 10.6 Å². The van der Waals surface area contributed by atoms with Crippen molar-refractivity contribution in [2.75, 3.05) is 32.7 Å². The van der Waals surface area contributed by atoms with Gasteiger partial charge >= 0.3 is 0 Å². The van der Waals surface area contributed by atoms with Crippen LogP contribution in [0.1, 0.15) is 30.5 Å². The molecular weight excluding hydrogens is 418 g/mol. The summed E-state index contributed by atoms with van der Waals surface area (Å²) in [7, 11) is -3.39. The Balaban J connectivity index is 1.47. The number of nitrogens with one attached hydrogen (secondary N) is 2. The number of hydrogen-bond donors (Lipinski definition) is 2. The van der Waals surface area contributed by atoms with Crippen LogP contribution in [0.25, 0.3) is 0 Å². The summed E-state index contributed by atoms with van der Waals surface area (Å²) in [5.74, 6) is 1.20. The van der Waals surface area contributed by atoms with Crippen LogP contribution in [0, 0.1) is 12.8 Å². The average molecular weight is 450 g/mol. The minimum absolute atomic E-state index is 0.371. The number of rotatable bonds is 8. The zero-order valence-electron chi connectivity index (χ0n) is 17.7. The summed E-state index contributed by atoms with van der Waals surface area (Å²) in [6.07, 6.45) is 2.52. The van der Waals surface area contributed by atoms with Crippen LogP contribution in [0.3, 0.4) is 0 Å². The topological polar surface area (TPSA) is 86.7 Å². The number of aliphatic imine (C=N–C) groups is 1. The van der Waals surface area contributed by atoms with Gasteiger partial charge in [0.25, 0.3) is 0 Å². The van der Waals surface area contributed by atoms with Crippen LogP contribution in [0.2, 0.25) is 0 Å². The van der Waals surface area contributed by atoms with Gasteiger partial charge in [0.1, 0.15) is 0 Å². The molecule has 3 rings (SSSR count). The molecule has 1 aromatic heterocycles. The number of thiazole rings is 1. The molecule has 164 valence electrons. The SMILES string of the molecule is CCNC(=NCC1CCN(S(=O)(=O)c2ccccc2)CC1)NCCc1csc(C)n1. The van der Waals surface area contributed by atoms with E-state index in [1.54, 1.807) is 39.9 Å². The van der Waals surface area contributed by atoms with Gasteiger partial charge in [-0.15, -0.1) is 11.3 Å². The molecule has 0 aliphatic carbocycles. The molecule has 7 nitrogen and oxygen atoms in total. The van der Waals surface area contributed by atoms with Gasteiger partial charge in [-0.2, -0.15) is 4.31 Å². The fourth-order valence-corrected chi connectivity index (χ4v) is 5.61. The van der Waals surface area contributed by atoms with Crippen LogP contribution >= 0.6 is 11.3 Å². The van der Waals surface area contributed by atoms with E-state index in [9.17, 15) is 8.42 Å². The van der Waals surface area contributed by atoms with E-state index in [0.29, 0.717) is 30.4 Å². The van der Waals surface area contributed by atoms with Crippen molar-refractivity contribution < 1.29 is 8.42 Å². The summed E-state index contributed by atoms with van der Waals surface area (Å²) >= 11 is 1.67. The first-order valence-electron chi connectivity index (χ1n) is 10.5. The number of aromatic nitrogens is 1. The Labute approximate surface area is 183 Å². The molecule has 0 saturated carbocycles. The lowest BCUT2D eigenvalue weighted by Gasteiger charge is -2.30. The molecule has 9 heteroatoms. The van der Waals surface area contributed by atoms with Crippen LogP contribution in [-0.2, 0) is 16.4 Å². The summed E-state index contributed by atoms with van der Waals surface area (Å²) < 4.78 is 27.1. The van der Waals surface area contributed by atoms with Gasteiger partial charge in [0.05, 0.1) is 15.6 Å². The van der Waals surface area contributed by atoms with Crippen LogP contribution in [0.4, 0.5) is 0 Å². The van der Waals surface area contributed by atoms with Crippen molar-refractivity contribution in [2.45, 2.75) is 38.0 Å². The largest absolute Gasteiger partial charge is 0.357 e. The highest BCUT2D eigenvalue weighted by atomic mass is 32.2. The molecule has 2 aromatic rings. The van der Waals surface area contributed by atoms with E-state index in [2.05, 4.69) is 21.0 Å². The van der Waals surface area contributed by atoms with Crippen LogP contribution in [0.5, 0.6) is 0 Å². The second-order valence-electron chi connectivity index (χ2n) is 7.41. The zero-order chi connectivity index (χ0) is 21.4. The molecule has 0 atom stereocenters. The lowest BCUT2D eigenvalue weighted by molar-refractivity contribution is 0.278. The Kier molecular flexibility index (Phi) is 8.24. The van der Waals surface area contributed by atoms with E-state index >= 15 is 0 Å². The first kappa shape index (κ1) is 22.7. The molecule has 2 N–H and O–H groups in total. The van der Waals surface area contributed by atoms with Gasteiger partial charge in [-0.05, 0) is 44.7 Å². The molecule has 0 spiro atoms. The maximum absolute atomic E-state index is 12.8. The average Bonchev–Trinajstić information content (AvgIpc) is 3.18. The number of piperidine rings is 1. The summed E-state index contributed by atoms with van der Waals surface area (Å²) in [5.41, 5.74) is 1.10. The highest BCUT2D eigenvalue weighted by Gasteiger charge is 2.29. The molecule has 1 aliphatic heterocycles. The summed E-state index contributed by atoms with van der Waals surface area (Å²) in [4.78, 5) is 9.58. The number of nitrogens with zero attached hydrogens (tertiary/aromatic N) is 3. The molecule has 1 saturated heterocycles. The van der Waals surface area contributed by atoms with Crippen LogP contribution in [-0.4, -0.2) is 56.4 Å². The predicted molar refractivity (Wildman–Crippen MR) is 122 cm³/mol. The summed E-state index contributed by atoms with van der Waals surface area (Å²) in [5, 5.41) is 9.84. The van der Waals surface area contributed by atoms with Crippen molar-refractivity contribution in [2.24, 2.45) is 10.9 Å². The maximum Gasteiger partial charge on any atom is 0.243 e. The monoisotopic (exact) mass is 449 g/mol.